The van der Waals surface area contributed by atoms with Gasteiger partial charge in [0.2, 0.25) is 0 Å². The maximum absolute atomic E-state index is 11.1. The third-order valence-electron chi connectivity index (χ3n) is 4.00. The van der Waals surface area contributed by atoms with Gasteiger partial charge < -0.3 is 15.0 Å². The summed E-state index contributed by atoms with van der Waals surface area (Å²) in [4.78, 5) is 16.0. The van der Waals surface area contributed by atoms with E-state index in [9.17, 15) is 4.79 Å². The molecule has 3 rings (SSSR count). The van der Waals surface area contributed by atoms with Gasteiger partial charge >= 0.3 is 6.09 Å². The Labute approximate surface area is 125 Å². The fourth-order valence-electron chi connectivity index (χ4n) is 3.07. The molecule has 2 aromatic rings. The van der Waals surface area contributed by atoms with Crippen LogP contribution in [0, 0.1) is 0 Å². The maximum atomic E-state index is 11.1. The summed E-state index contributed by atoms with van der Waals surface area (Å²) in [5.41, 5.74) is 4.84. The number of carboxylic acid groups (broad SMARTS) is 1. The van der Waals surface area contributed by atoms with Crippen molar-refractivity contribution < 1.29 is 9.90 Å². The first kappa shape index (κ1) is 13.5. The molecule has 0 saturated heterocycles. The van der Waals surface area contributed by atoms with Crippen molar-refractivity contribution >= 4 is 32.9 Å². The Balaban J connectivity index is 2.19. The fourth-order valence-corrected chi connectivity index (χ4v) is 3.94. The minimum Gasteiger partial charge on any atom is -0.465 e. The van der Waals surface area contributed by atoms with Crippen LogP contribution in [0.4, 0.5) is 4.79 Å². The average molecular weight is 337 g/mol. The number of aromatic amines is 1. The molecule has 0 atom stereocenters. The predicted molar refractivity (Wildman–Crippen MR) is 82.2 cm³/mol. The van der Waals surface area contributed by atoms with Crippen molar-refractivity contribution in [2.24, 2.45) is 0 Å². The second-order valence-electron chi connectivity index (χ2n) is 5.59. The van der Waals surface area contributed by atoms with Crippen LogP contribution in [-0.2, 0) is 13.0 Å². The van der Waals surface area contributed by atoms with Crippen molar-refractivity contribution in [2.75, 3.05) is 6.54 Å². The highest BCUT2D eigenvalue weighted by atomic mass is 79.9. The van der Waals surface area contributed by atoms with Gasteiger partial charge in [-0.25, -0.2) is 4.79 Å². The number of amides is 1. The number of aromatic nitrogens is 1. The third kappa shape index (κ3) is 2.00. The van der Waals surface area contributed by atoms with Crippen molar-refractivity contribution in [3.8, 4) is 0 Å². The Kier molecular flexibility index (Phi) is 3.24. The summed E-state index contributed by atoms with van der Waals surface area (Å²) in [6.07, 6.45) is -0.0571. The number of benzene rings is 1. The lowest BCUT2D eigenvalue weighted by molar-refractivity contribution is 0.140. The minimum absolute atomic E-state index is 0.419. The zero-order valence-electron chi connectivity index (χ0n) is 11.5. The number of nitrogens with one attached hydrogen (secondary N) is 1. The van der Waals surface area contributed by atoms with Crippen LogP contribution >= 0.6 is 15.9 Å². The predicted octanol–water partition coefficient (Wildman–Crippen LogP) is 4.09. The van der Waals surface area contributed by atoms with E-state index in [4.69, 9.17) is 5.11 Å². The van der Waals surface area contributed by atoms with Crippen LogP contribution in [0.15, 0.2) is 16.7 Å². The second kappa shape index (κ2) is 4.81. The molecule has 1 aromatic carbocycles. The number of rotatable bonds is 1. The Morgan fingerprint density at radius 2 is 2.20 bits per heavy atom. The molecule has 0 bridgehead atoms. The van der Waals surface area contributed by atoms with Gasteiger partial charge in [0, 0.05) is 24.0 Å². The van der Waals surface area contributed by atoms with Crippen LogP contribution in [-0.4, -0.2) is 27.6 Å². The lowest BCUT2D eigenvalue weighted by Crippen LogP contribution is -2.34. The molecule has 5 heteroatoms. The smallest absolute Gasteiger partial charge is 0.407 e. The molecule has 0 radical (unpaired) electrons. The minimum atomic E-state index is -0.838. The van der Waals surface area contributed by atoms with Crippen LogP contribution in [0.25, 0.3) is 10.9 Å². The number of H-pyrrole nitrogens is 1. The summed E-state index contributed by atoms with van der Waals surface area (Å²) in [5, 5.41) is 10.4. The molecule has 1 amide bonds. The van der Waals surface area contributed by atoms with E-state index in [1.54, 1.807) is 0 Å². The van der Waals surface area contributed by atoms with Crippen molar-refractivity contribution in [2.45, 2.75) is 32.7 Å². The Hall–Kier alpha value is -1.49. The number of carbonyl (C=O) groups is 1. The highest BCUT2D eigenvalue weighted by molar-refractivity contribution is 9.10. The summed E-state index contributed by atoms with van der Waals surface area (Å²) in [6.45, 7) is 5.42. The summed E-state index contributed by atoms with van der Waals surface area (Å²) < 4.78 is 1.04. The first-order valence-corrected chi connectivity index (χ1v) is 7.58. The first-order chi connectivity index (χ1) is 9.49. The maximum Gasteiger partial charge on any atom is 0.407 e. The SMILES string of the molecule is CC(C)c1c(Br)[nH]c2ccc3c(c12)CCN(C(=O)O)C3. The molecule has 0 unspecified atom stereocenters. The summed E-state index contributed by atoms with van der Waals surface area (Å²) in [6, 6.07) is 4.09. The third-order valence-corrected chi connectivity index (χ3v) is 4.63. The Bertz CT molecular complexity index is 691. The number of hydrogen-bond donors (Lipinski definition) is 2. The van der Waals surface area contributed by atoms with Crippen LogP contribution in [0.5, 0.6) is 0 Å². The molecule has 0 fully saturated rings. The molecule has 0 aliphatic carbocycles. The van der Waals surface area contributed by atoms with E-state index < -0.39 is 6.09 Å². The largest absolute Gasteiger partial charge is 0.465 e. The highest BCUT2D eigenvalue weighted by Gasteiger charge is 2.24. The molecule has 20 heavy (non-hydrogen) atoms. The van der Waals surface area contributed by atoms with Crippen molar-refractivity contribution in [3.05, 3.63) is 33.4 Å². The number of hydrogen-bond acceptors (Lipinski definition) is 1. The lowest BCUT2D eigenvalue weighted by atomic mass is 9.91. The highest BCUT2D eigenvalue weighted by Crippen LogP contribution is 2.37. The van der Waals surface area contributed by atoms with Crippen LogP contribution in [0.1, 0.15) is 36.5 Å². The van der Waals surface area contributed by atoms with E-state index in [0.717, 1.165) is 22.1 Å². The van der Waals surface area contributed by atoms with Crippen LogP contribution in [0.2, 0.25) is 0 Å². The van der Waals surface area contributed by atoms with Gasteiger partial charge in [-0.05, 0) is 51.0 Å². The monoisotopic (exact) mass is 336 g/mol. The van der Waals surface area contributed by atoms with Gasteiger partial charge in [0.1, 0.15) is 0 Å². The first-order valence-electron chi connectivity index (χ1n) is 6.78. The topological polar surface area (TPSA) is 56.3 Å². The molecular formula is C15H17BrN2O2. The summed E-state index contributed by atoms with van der Waals surface area (Å²) in [7, 11) is 0. The molecule has 4 nitrogen and oxygen atoms in total. The van der Waals surface area contributed by atoms with E-state index in [0.29, 0.717) is 19.0 Å². The van der Waals surface area contributed by atoms with Gasteiger partial charge in [-0.15, -0.1) is 0 Å². The fraction of sp³-hybridized carbons (Fsp3) is 0.400. The molecule has 106 valence electrons. The van der Waals surface area contributed by atoms with Crippen LogP contribution in [0.3, 0.4) is 0 Å². The molecule has 2 N–H and O–H groups in total. The van der Waals surface area contributed by atoms with E-state index in [1.165, 1.54) is 21.4 Å². The quantitative estimate of drug-likeness (QED) is 0.823. The molecule has 1 aliphatic rings. The van der Waals surface area contributed by atoms with Crippen molar-refractivity contribution in [1.29, 1.82) is 0 Å². The van der Waals surface area contributed by atoms with Crippen molar-refractivity contribution in [3.63, 3.8) is 0 Å². The van der Waals surface area contributed by atoms with Crippen LogP contribution < -0.4 is 0 Å². The van der Waals surface area contributed by atoms with Gasteiger partial charge in [0.05, 0.1) is 4.60 Å². The standard InChI is InChI=1S/C15H17BrN2O2/c1-8(2)12-13-10-5-6-18(15(19)20)7-9(10)3-4-11(13)17-14(12)16/h3-4,8,17H,5-7H2,1-2H3,(H,19,20). The molecule has 1 aliphatic heterocycles. The molecule has 0 spiro atoms. The van der Waals surface area contributed by atoms with E-state index >= 15 is 0 Å². The number of halogens is 1. The van der Waals surface area contributed by atoms with Gasteiger partial charge in [0.15, 0.2) is 0 Å². The van der Waals surface area contributed by atoms with E-state index in [-0.39, 0.29) is 0 Å². The summed E-state index contributed by atoms with van der Waals surface area (Å²) >= 11 is 3.61. The molecule has 2 heterocycles. The molecule has 1 aromatic heterocycles. The lowest BCUT2D eigenvalue weighted by Gasteiger charge is -2.27. The zero-order chi connectivity index (χ0) is 14.4. The van der Waals surface area contributed by atoms with Crippen molar-refractivity contribution in [1.82, 2.24) is 9.88 Å². The Morgan fingerprint density at radius 3 is 2.85 bits per heavy atom. The molecule has 0 saturated carbocycles. The normalized spacial score (nSPS) is 14.9. The van der Waals surface area contributed by atoms with Gasteiger partial charge in [0.25, 0.3) is 0 Å². The van der Waals surface area contributed by atoms with E-state index in [2.05, 4.69) is 40.8 Å². The molecular weight excluding hydrogens is 320 g/mol. The van der Waals surface area contributed by atoms with Gasteiger partial charge in [-0.3, -0.25) is 0 Å². The van der Waals surface area contributed by atoms with Gasteiger partial charge in [-0.1, -0.05) is 19.9 Å². The van der Waals surface area contributed by atoms with E-state index in [1.807, 2.05) is 6.07 Å². The Morgan fingerprint density at radius 1 is 1.45 bits per heavy atom. The van der Waals surface area contributed by atoms with Gasteiger partial charge in [-0.2, -0.15) is 0 Å². The second-order valence-corrected chi connectivity index (χ2v) is 6.38. The summed E-state index contributed by atoms with van der Waals surface area (Å²) in [5.74, 6) is 0.419. The average Bonchev–Trinajstić information content (AvgIpc) is 2.74. The zero-order valence-corrected chi connectivity index (χ0v) is 13.1. The number of nitrogens with zero attached hydrogens (tertiary/aromatic N) is 1. The number of fused-ring (bicyclic) bond motifs is 3.